The number of pyridine rings is 1. The Bertz CT molecular complexity index is 2300. The molecule has 264 valence electrons. The number of carbonyl (C=O) groups excluding carboxylic acids is 3. The summed E-state index contributed by atoms with van der Waals surface area (Å²) in [4.78, 5) is 87.3. The molecule has 1 aliphatic rings. The van der Waals surface area contributed by atoms with Gasteiger partial charge in [-0.25, -0.2) is 24.1 Å². The number of aliphatic carboxylic acids is 1. The van der Waals surface area contributed by atoms with Crippen molar-refractivity contribution in [1.82, 2.24) is 43.8 Å². The van der Waals surface area contributed by atoms with E-state index in [9.17, 15) is 47.4 Å². The molecule has 4 amide bonds. The van der Waals surface area contributed by atoms with Gasteiger partial charge in [-0.15, -0.1) is 16.4 Å². The van der Waals surface area contributed by atoms with Crippen molar-refractivity contribution >= 4 is 56.2 Å². The SMILES string of the molecule is Cc1cc(Cn2c(-c3cc(=O)c(O)c[nH]3)nn(S(=O)(=O)NC(=O)N3C[C@H](NC(=O)/C(=N\OC(C)(C)C(=O)O)c4csc(N)n4)C3=O)c2=O)no1. The minimum Gasteiger partial charge on any atom is -0.503 e. The average molecular weight is 736 g/mol. The molecule has 1 atom stereocenters. The van der Waals surface area contributed by atoms with Crippen LogP contribution in [-0.2, 0) is 36.0 Å². The highest BCUT2D eigenvalue weighted by molar-refractivity contribution is 7.88. The number of H-pyrrole nitrogens is 1. The van der Waals surface area contributed by atoms with E-state index in [1.807, 2.05) is 0 Å². The van der Waals surface area contributed by atoms with Crippen molar-refractivity contribution in [1.29, 1.82) is 0 Å². The molecule has 5 heterocycles. The maximum absolute atomic E-state index is 13.3. The Morgan fingerprint density at radius 1 is 1.26 bits per heavy atom. The fraction of sp³-hybridized carbons (Fsp3) is 0.280. The summed E-state index contributed by atoms with van der Waals surface area (Å²) in [6.07, 6.45) is 0.887. The van der Waals surface area contributed by atoms with Crippen LogP contribution in [0.3, 0.4) is 0 Å². The van der Waals surface area contributed by atoms with Gasteiger partial charge in [-0.2, -0.15) is 8.42 Å². The molecule has 0 aromatic carbocycles. The summed E-state index contributed by atoms with van der Waals surface area (Å²) < 4.78 is 33.6. The van der Waals surface area contributed by atoms with E-state index < -0.39 is 87.2 Å². The largest absolute Gasteiger partial charge is 0.503 e. The smallest absolute Gasteiger partial charge is 0.362 e. The van der Waals surface area contributed by atoms with Crippen LogP contribution in [0.25, 0.3) is 11.5 Å². The molecule has 1 fully saturated rings. The predicted octanol–water partition coefficient (Wildman–Crippen LogP) is -2.10. The second kappa shape index (κ2) is 12.9. The number of urea groups is 1. The lowest BCUT2D eigenvalue weighted by Gasteiger charge is -2.36. The van der Waals surface area contributed by atoms with E-state index in [1.54, 1.807) is 11.6 Å². The Labute approximate surface area is 282 Å². The second-order valence-electron chi connectivity index (χ2n) is 10.9. The Morgan fingerprint density at radius 3 is 2.56 bits per heavy atom. The van der Waals surface area contributed by atoms with Gasteiger partial charge in [-0.1, -0.05) is 14.4 Å². The van der Waals surface area contributed by atoms with Crippen molar-refractivity contribution in [3.05, 3.63) is 61.6 Å². The van der Waals surface area contributed by atoms with Gasteiger partial charge in [0.15, 0.2) is 22.4 Å². The number of oxime groups is 1. The first kappa shape index (κ1) is 35.0. The van der Waals surface area contributed by atoms with E-state index in [4.69, 9.17) is 15.1 Å². The summed E-state index contributed by atoms with van der Waals surface area (Å²) in [6, 6.07) is -0.598. The number of thiazole rings is 1. The zero-order chi connectivity index (χ0) is 36.7. The number of nitrogens with one attached hydrogen (secondary N) is 3. The van der Waals surface area contributed by atoms with Gasteiger partial charge in [-0.05, 0) is 20.8 Å². The Morgan fingerprint density at radius 2 is 1.98 bits per heavy atom. The molecule has 0 bridgehead atoms. The van der Waals surface area contributed by atoms with Crippen molar-refractivity contribution < 1.29 is 47.2 Å². The molecule has 0 unspecified atom stereocenters. The number of nitrogens with two attached hydrogens (primary N) is 1. The highest BCUT2D eigenvalue weighted by Gasteiger charge is 2.44. The number of carboxylic acid groups (broad SMARTS) is 1. The van der Waals surface area contributed by atoms with Gasteiger partial charge in [0, 0.05) is 23.7 Å². The molecule has 1 aliphatic heterocycles. The summed E-state index contributed by atoms with van der Waals surface area (Å²) in [7, 11) is -5.16. The Hall–Kier alpha value is -6.37. The van der Waals surface area contributed by atoms with E-state index in [0.717, 1.165) is 42.0 Å². The monoisotopic (exact) mass is 735 g/mol. The lowest BCUT2D eigenvalue weighted by Crippen LogP contribution is -2.68. The highest BCUT2D eigenvalue weighted by Crippen LogP contribution is 2.18. The lowest BCUT2D eigenvalue weighted by atomic mass is 10.1. The number of hydrogen-bond donors (Lipinski definition) is 6. The zero-order valence-electron chi connectivity index (χ0n) is 25.8. The van der Waals surface area contributed by atoms with E-state index in [0.29, 0.717) is 10.7 Å². The van der Waals surface area contributed by atoms with E-state index >= 15 is 0 Å². The number of hydrogen-bond acceptors (Lipinski definition) is 17. The number of aryl methyl sites for hydroxylation is 1. The van der Waals surface area contributed by atoms with Gasteiger partial charge in [0.2, 0.25) is 11.0 Å². The molecule has 0 spiro atoms. The van der Waals surface area contributed by atoms with Crippen LogP contribution in [0.4, 0.5) is 9.93 Å². The number of imide groups is 1. The molecule has 1 saturated heterocycles. The molecule has 0 aliphatic carbocycles. The van der Waals surface area contributed by atoms with Gasteiger partial charge in [0.25, 0.3) is 11.8 Å². The average Bonchev–Trinajstić information content (AvgIpc) is 3.74. The standard InChI is InChI=1S/C25H25N11O12S2/c1-10-4-11(31-47-10)7-34-18(12-5-15(37)16(38)6-27-12)30-36(24(34)44)50(45,46)33-23(43)35-8-13(20(35)40)28-19(39)17(14-9-49-22(26)29-14)32-48-25(2,3)21(41)42/h4-6,9,13,38H,7-8H2,1-3H3,(H2,26,29)(H,27,37)(H,28,39)(H,33,43)(H,41,42)/b32-17-/t13-/m0/s1. The molecule has 0 saturated carbocycles. The van der Waals surface area contributed by atoms with Crippen LogP contribution in [0.15, 0.2) is 43.0 Å². The predicted molar refractivity (Wildman–Crippen MR) is 167 cm³/mol. The maximum atomic E-state index is 13.3. The molecule has 23 nitrogen and oxygen atoms in total. The first-order chi connectivity index (χ1) is 23.4. The summed E-state index contributed by atoms with van der Waals surface area (Å²) >= 11 is 0.926. The normalized spacial score (nSPS) is 15.0. The number of nitrogens with zero attached hydrogens (tertiary/aromatic N) is 7. The number of carboxylic acids is 1. The van der Waals surface area contributed by atoms with Gasteiger partial charge >= 0.3 is 27.9 Å². The third-order valence-corrected chi connectivity index (χ3v) is 8.55. The van der Waals surface area contributed by atoms with Gasteiger partial charge in [-0.3, -0.25) is 23.9 Å². The highest BCUT2D eigenvalue weighted by atomic mass is 32.2. The summed E-state index contributed by atoms with van der Waals surface area (Å²) in [5, 5.41) is 33.6. The van der Waals surface area contributed by atoms with Crippen LogP contribution in [0.1, 0.15) is 31.0 Å². The van der Waals surface area contributed by atoms with E-state index in [2.05, 4.69) is 30.7 Å². The number of aromatic nitrogens is 6. The number of amides is 4. The Kier molecular flexibility index (Phi) is 9.03. The number of nitrogen functional groups attached to an aromatic ring is 1. The summed E-state index contributed by atoms with van der Waals surface area (Å²) in [5.41, 5.74) is 0.857. The molecule has 7 N–H and O–H groups in total. The second-order valence-corrected chi connectivity index (χ2v) is 13.3. The van der Waals surface area contributed by atoms with Crippen molar-refractivity contribution in [3.8, 4) is 17.3 Å². The number of rotatable bonds is 11. The topological polar surface area (TPSA) is 329 Å². The van der Waals surface area contributed by atoms with Crippen molar-refractivity contribution in [3.63, 3.8) is 0 Å². The number of β-lactam (4-membered cyclic amide) rings is 1. The lowest BCUT2D eigenvalue weighted by molar-refractivity contribution is -0.161. The van der Waals surface area contributed by atoms with Crippen LogP contribution < -0.4 is 26.9 Å². The minimum atomic E-state index is -5.16. The van der Waals surface area contributed by atoms with Gasteiger partial charge < -0.3 is 35.6 Å². The summed E-state index contributed by atoms with van der Waals surface area (Å²) in [5.74, 6) is -4.27. The molecule has 5 rings (SSSR count). The third kappa shape index (κ3) is 6.92. The van der Waals surface area contributed by atoms with E-state index in [-0.39, 0.29) is 26.3 Å². The first-order valence-corrected chi connectivity index (χ1v) is 16.1. The molecule has 50 heavy (non-hydrogen) atoms. The van der Waals surface area contributed by atoms with Crippen molar-refractivity contribution in [2.75, 3.05) is 12.3 Å². The van der Waals surface area contributed by atoms with Crippen molar-refractivity contribution in [2.24, 2.45) is 5.16 Å². The Balaban J connectivity index is 1.33. The maximum Gasteiger partial charge on any atom is 0.362 e. The molecule has 4 aromatic rings. The molecule has 0 radical (unpaired) electrons. The van der Waals surface area contributed by atoms with Crippen molar-refractivity contribution in [2.45, 2.75) is 39.0 Å². The molecular weight excluding hydrogens is 710 g/mol. The van der Waals surface area contributed by atoms with Crippen LogP contribution in [-0.4, -0.2) is 100 Å². The van der Waals surface area contributed by atoms with Crippen LogP contribution in [0.2, 0.25) is 0 Å². The molecular formula is C25H25N11O12S2. The van der Waals surface area contributed by atoms with Crippen LogP contribution in [0.5, 0.6) is 5.75 Å². The number of anilines is 1. The van der Waals surface area contributed by atoms with E-state index in [1.165, 1.54) is 11.4 Å². The fourth-order valence-corrected chi connectivity index (χ4v) is 5.53. The third-order valence-electron chi connectivity index (χ3n) is 6.75. The molecule has 4 aromatic heterocycles. The van der Waals surface area contributed by atoms with Crippen LogP contribution >= 0.6 is 11.3 Å². The zero-order valence-corrected chi connectivity index (χ0v) is 27.4. The fourth-order valence-electron chi connectivity index (χ4n) is 4.07. The van der Waals surface area contributed by atoms with Crippen LogP contribution in [0, 0.1) is 6.92 Å². The first-order valence-electron chi connectivity index (χ1n) is 13.8. The number of aromatic hydroxyl groups is 1. The van der Waals surface area contributed by atoms with Gasteiger partial charge in [0.05, 0.1) is 18.8 Å². The number of aromatic amines is 1. The minimum absolute atomic E-state index is 0.0300. The number of carbonyl (C=O) groups is 4. The summed E-state index contributed by atoms with van der Waals surface area (Å²) in [6.45, 7) is 2.94. The molecule has 25 heteroatoms. The number of likely N-dealkylation sites (tertiary alicyclic amines) is 1. The van der Waals surface area contributed by atoms with Gasteiger partial charge in [0.1, 0.15) is 23.2 Å². The quantitative estimate of drug-likeness (QED) is 0.0546.